The van der Waals surface area contributed by atoms with Crippen LogP contribution < -0.4 is 11.1 Å². The van der Waals surface area contributed by atoms with Crippen LogP contribution in [0.2, 0.25) is 0 Å². The van der Waals surface area contributed by atoms with Crippen LogP contribution in [0.3, 0.4) is 0 Å². The van der Waals surface area contributed by atoms with Crippen LogP contribution in [-0.2, 0) is 24.1 Å². The smallest absolute Gasteiger partial charge is 0.305 e. The van der Waals surface area contributed by atoms with Gasteiger partial charge >= 0.3 is 11.1 Å². The van der Waals surface area contributed by atoms with Crippen molar-refractivity contribution < 1.29 is 12.8 Å². The maximum Gasteiger partial charge on any atom is 0.316 e. The first-order valence-corrected chi connectivity index (χ1v) is 10.6. The number of hydrogen-bond donors (Lipinski definition) is 0. The maximum absolute atomic E-state index is 13.4. The zero-order valence-electron chi connectivity index (χ0n) is 16.0. The summed E-state index contributed by atoms with van der Waals surface area (Å²) in [6.45, 7) is 0.356. The summed E-state index contributed by atoms with van der Waals surface area (Å²) in [6.07, 6.45) is 1.34. The molecule has 4 rings (SSSR count). The number of aryl methyl sites for hydroxylation is 2. The van der Waals surface area contributed by atoms with Crippen LogP contribution in [0.5, 0.6) is 0 Å². The molecule has 0 radical (unpaired) electrons. The minimum atomic E-state index is -3.85. The molecule has 0 bridgehead atoms. The summed E-state index contributed by atoms with van der Waals surface area (Å²) < 4.78 is 43.8. The van der Waals surface area contributed by atoms with E-state index in [1.165, 1.54) is 53.3 Å². The molecule has 1 saturated heterocycles. The minimum absolute atomic E-state index is 0.0488. The second kappa shape index (κ2) is 6.93. The highest BCUT2D eigenvalue weighted by molar-refractivity contribution is 7.89. The molecular weight excluding hydrogens is 397 g/mol. The number of rotatable bonds is 3. The SMILES string of the molecule is Cn1c(=O)c(=O)n(C)c2cc(S(=O)(=O)N3CCCC3c3ccc(F)cc3)ccc21. The van der Waals surface area contributed by atoms with Crippen LogP contribution in [0.1, 0.15) is 24.4 Å². The number of hydrogen-bond acceptors (Lipinski definition) is 4. The lowest BCUT2D eigenvalue weighted by atomic mass is 10.1. The van der Waals surface area contributed by atoms with Gasteiger partial charge in [0.15, 0.2) is 0 Å². The van der Waals surface area contributed by atoms with Gasteiger partial charge in [0.05, 0.1) is 22.0 Å². The van der Waals surface area contributed by atoms with Crippen molar-refractivity contribution in [3.05, 3.63) is 74.6 Å². The fraction of sp³-hybridized carbons (Fsp3) is 0.300. The van der Waals surface area contributed by atoms with Crippen molar-refractivity contribution in [2.24, 2.45) is 14.1 Å². The van der Waals surface area contributed by atoms with Crippen molar-refractivity contribution in [2.75, 3.05) is 6.54 Å². The Morgan fingerprint density at radius 3 is 2.21 bits per heavy atom. The monoisotopic (exact) mass is 417 g/mol. The number of halogens is 1. The van der Waals surface area contributed by atoms with Gasteiger partial charge in [0.25, 0.3) is 0 Å². The molecule has 9 heteroatoms. The summed E-state index contributed by atoms with van der Waals surface area (Å²) in [5, 5.41) is 0. The predicted molar refractivity (Wildman–Crippen MR) is 107 cm³/mol. The zero-order valence-corrected chi connectivity index (χ0v) is 16.8. The molecule has 0 N–H and O–H groups in total. The van der Waals surface area contributed by atoms with Gasteiger partial charge in [-0.15, -0.1) is 0 Å². The van der Waals surface area contributed by atoms with E-state index in [4.69, 9.17) is 0 Å². The standard InChI is InChI=1S/C20H20FN3O4S/c1-22-17-10-9-15(12-18(17)23(2)20(26)19(22)25)29(27,28)24-11-3-4-16(24)13-5-7-14(21)8-6-13/h5-10,12,16H,3-4,11H2,1-2H3. The lowest BCUT2D eigenvalue weighted by Gasteiger charge is -2.25. The van der Waals surface area contributed by atoms with E-state index < -0.39 is 21.1 Å². The molecule has 29 heavy (non-hydrogen) atoms. The predicted octanol–water partition coefficient (Wildman–Crippen LogP) is 1.90. The number of nitrogens with zero attached hydrogens (tertiary/aromatic N) is 3. The van der Waals surface area contributed by atoms with E-state index in [9.17, 15) is 22.4 Å². The molecule has 152 valence electrons. The number of benzene rings is 2. The van der Waals surface area contributed by atoms with Crippen molar-refractivity contribution in [1.29, 1.82) is 0 Å². The average molecular weight is 417 g/mol. The molecule has 1 aromatic heterocycles. The van der Waals surface area contributed by atoms with Crippen LogP contribution in [0.4, 0.5) is 4.39 Å². The molecule has 1 fully saturated rings. The van der Waals surface area contributed by atoms with Gasteiger partial charge in [0.2, 0.25) is 10.0 Å². The van der Waals surface area contributed by atoms with Crippen molar-refractivity contribution >= 4 is 21.1 Å². The third kappa shape index (κ3) is 3.10. The minimum Gasteiger partial charge on any atom is -0.305 e. The van der Waals surface area contributed by atoms with E-state index in [2.05, 4.69) is 0 Å². The molecule has 7 nitrogen and oxygen atoms in total. The lowest BCUT2D eigenvalue weighted by molar-refractivity contribution is 0.396. The molecule has 2 heterocycles. The van der Waals surface area contributed by atoms with Crippen molar-refractivity contribution in [1.82, 2.24) is 13.4 Å². The highest BCUT2D eigenvalue weighted by Crippen LogP contribution is 2.36. The Kier molecular flexibility index (Phi) is 4.66. The van der Waals surface area contributed by atoms with Gasteiger partial charge in [-0.2, -0.15) is 4.31 Å². The molecule has 1 unspecified atom stereocenters. The van der Waals surface area contributed by atoms with E-state index >= 15 is 0 Å². The third-order valence-electron chi connectivity index (χ3n) is 5.53. The van der Waals surface area contributed by atoms with Crippen LogP contribution in [0.25, 0.3) is 11.0 Å². The topological polar surface area (TPSA) is 81.4 Å². The highest BCUT2D eigenvalue weighted by Gasteiger charge is 2.36. The Bertz CT molecular complexity index is 1330. The first kappa shape index (κ1) is 19.5. The van der Waals surface area contributed by atoms with Crippen LogP contribution in [0.15, 0.2) is 56.9 Å². The molecular formula is C20H20FN3O4S. The largest absolute Gasteiger partial charge is 0.316 e. The Labute approximate surface area is 166 Å². The first-order chi connectivity index (χ1) is 13.7. The normalized spacial score (nSPS) is 17.8. The Balaban J connectivity index is 1.83. The molecule has 2 aromatic carbocycles. The van der Waals surface area contributed by atoms with Gasteiger partial charge in [-0.3, -0.25) is 9.59 Å². The van der Waals surface area contributed by atoms with Crippen LogP contribution in [-0.4, -0.2) is 28.4 Å². The van der Waals surface area contributed by atoms with E-state index in [-0.39, 0.29) is 16.8 Å². The zero-order chi connectivity index (χ0) is 20.9. The van der Waals surface area contributed by atoms with Crippen molar-refractivity contribution in [3.63, 3.8) is 0 Å². The van der Waals surface area contributed by atoms with Gasteiger partial charge in [0, 0.05) is 20.6 Å². The van der Waals surface area contributed by atoms with Gasteiger partial charge in [-0.25, -0.2) is 12.8 Å². The average Bonchev–Trinajstić information content (AvgIpc) is 3.21. The van der Waals surface area contributed by atoms with Crippen molar-refractivity contribution in [3.8, 4) is 0 Å². The molecule has 1 aliphatic heterocycles. The maximum atomic E-state index is 13.4. The molecule has 0 spiro atoms. The summed E-state index contributed by atoms with van der Waals surface area (Å²) in [6, 6.07) is 9.89. The second-order valence-corrected chi connectivity index (χ2v) is 9.09. The van der Waals surface area contributed by atoms with Gasteiger partial charge in [-0.1, -0.05) is 12.1 Å². The van der Waals surface area contributed by atoms with E-state index in [1.54, 1.807) is 12.1 Å². The summed E-state index contributed by atoms with van der Waals surface area (Å²) in [5.41, 5.74) is 0.165. The Morgan fingerprint density at radius 2 is 1.55 bits per heavy atom. The number of aromatic nitrogens is 2. The van der Waals surface area contributed by atoms with Gasteiger partial charge < -0.3 is 9.13 Å². The highest BCUT2D eigenvalue weighted by atomic mass is 32.2. The lowest BCUT2D eigenvalue weighted by Crippen LogP contribution is -2.39. The number of sulfonamides is 1. The molecule has 0 amide bonds. The molecule has 0 aliphatic carbocycles. The Morgan fingerprint density at radius 1 is 0.931 bits per heavy atom. The molecule has 0 saturated carbocycles. The molecule has 1 aliphatic rings. The van der Waals surface area contributed by atoms with Crippen molar-refractivity contribution in [2.45, 2.75) is 23.8 Å². The Hall–Kier alpha value is -2.78. The van der Waals surface area contributed by atoms with E-state index in [1.807, 2.05) is 0 Å². The quantitative estimate of drug-likeness (QED) is 0.610. The fourth-order valence-electron chi connectivity index (χ4n) is 3.90. The van der Waals surface area contributed by atoms with Gasteiger partial charge in [0.1, 0.15) is 5.82 Å². The molecule has 1 atom stereocenters. The second-order valence-electron chi connectivity index (χ2n) is 7.20. The summed E-state index contributed by atoms with van der Waals surface area (Å²) in [5.74, 6) is -0.373. The van der Waals surface area contributed by atoms with Gasteiger partial charge in [-0.05, 0) is 48.7 Å². The van der Waals surface area contributed by atoms with Crippen LogP contribution in [0, 0.1) is 5.82 Å². The number of fused-ring (bicyclic) bond motifs is 1. The third-order valence-corrected chi connectivity index (χ3v) is 7.43. The fourth-order valence-corrected chi connectivity index (χ4v) is 5.61. The summed E-state index contributed by atoms with van der Waals surface area (Å²) >= 11 is 0. The first-order valence-electron chi connectivity index (χ1n) is 9.19. The van der Waals surface area contributed by atoms with E-state index in [0.29, 0.717) is 30.4 Å². The summed E-state index contributed by atoms with van der Waals surface area (Å²) in [7, 11) is -0.932. The van der Waals surface area contributed by atoms with E-state index in [0.717, 1.165) is 10.1 Å². The molecule has 3 aromatic rings. The summed E-state index contributed by atoms with van der Waals surface area (Å²) in [4.78, 5) is 24.2. The van der Waals surface area contributed by atoms with Crippen LogP contribution >= 0.6 is 0 Å².